The maximum absolute atomic E-state index is 14.0. The smallest absolute Gasteiger partial charge is 0.164 e. The Morgan fingerprint density at radius 1 is 1.15 bits per heavy atom. The van der Waals surface area contributed by atoms with Gasteiger partial charge in [-0.2, -0.15) is 0 Å². The molecule has 4 rings (SSSR count). The van der Waals surface area contributed by atoms with Crippen LogP contribution in [0.4, 0.5) is 10.1 Å². The van der Waals surface area contributed by atoms with Crippen LogP contribution in [-0.2, 0) is 15.6 Å². The maximum Gasteiger partial charge on any atom is 0.164 e. The predicted molar refractivity (Wildman–Crippen MR) is 105 cm³/mol. The van der Waals surface area contributed by atoms with Gasteiger partial charge < -0.3 is 4.90 Å². The molecule has 1 saturated heterocycles. The van der Waals surface area contributed by atoms with Crippen molar-refractivity contribution in [1.29, 1.82) is 0 Å². The van der Waals surface area contributed by atoms with Crippen LogP contribution in [0.2, 0.25) is 5.02 Å². The second kappa shape index (κ2) is 6.87. The third-order valence-electron chi connectivity index (χ3n) is 4.55. The van der Waals surface area contributed by atoms with Crippen molar-refractivity contribution in [3.63, 3.8) is 0 Å². The lowest BCUT2D eigenvalue weighted by Crippen LogP contribution is -2.39. The van der Waals surface area contributed by atoms with Crippen molar-refractivity contribution in [3.8, 4) is 0 Å². The van der Waals surface area contributed by atoms with Gasteiger partial charge in [-0.15, -0.1) is 0 Å². The van der Waals surface area contributed by atoms with Gasteiger partial charge in [0.15, 0.2) is 15.0 Å². The minimum absolute atomic E-state index is 0.0610. The Hall–Kier alpha value is -1.57. The van der Waals surface area contributed by atoms with Crippen LogP contribution in [-0.4, -0.2) is 37.2 Å². The van der Waals surface area contributed by atoms with Crippen LogP contribution in [0.5, 0.6) is 0 Å². The van der Waals surface area contributed by atoms with E-state index in [9.17, 15) is 12.8 Å². The lowest BCUT2D eigenvalue weighted by atomic mass is 10.1. The number of hydrogen-bond donors (Lipinski definition) is 0. The number of amidine groups is 1. The molecule has 0 amide bonds. The van der Waals surface area contributed by atoms with E-state index < -0.39 is 9.84 Å². The number of thioether (sulfide) groups is 1. The minimum Gasteiger partial charge on any atom is -0.315 e. The van der Waals surface area contributed by atoms with E-state index in [-0.39, 0.29) is 29.4 Å². The molecule has 0 aliphatic carbocycles. The minimum atomic E-state index is -3.09. The molecule has 136 valence electrons. The highest BCUT2D eigenvalue weighted by atomic mass is 35.5. The van der Waals surface area contributed by atoms with E-state index in [1.165, 1.54) is 17.8 Å². The van der Waals surface area contributed by atoms with Crippen LogP contribution in [0.15, 0.2) is 53.5 Å². The number of benzene rings is 2. The molecule has 2 atom stereocenters. The first kappa shape index (κ1) is 17.8. The molecule has 2 aliphatic rings. The molecule has 0 unspecified atom stereocenters. The fraction of sp³-hybridized carbons (Fsp3) is 0.278. The van der Waals surface area contributed by atoms with E-state index in [0.29, 0.717) is 21.5 Å². The Balaban J connectivity index is 1.63. The van der Waals surface area contributed by atoms with E-state index in [1.54, 1.807) is 12.1 Å². The zero-order valence-corrected chi connectivity index (χ0v) is 16.1. The van der Waals surface area contributed by atoms with Gasteiger partial charge >= 0.3 is 0 Å². The summed E-state index contributed by atoms with van der Waals surface area (Å²) in [6, 6.07) is 13.7. The average Bonchev–Trinajstić information content (AvgIpc) is 3.06. The molecule has 4 nitrogen and oxygen atoms in total. The Morgan fingerprint density at radius 3 is 2.65 bits per heavy atom. The highest BCUT2D eigenvalue weighted by molar-refractivity contribution is 8.13. The highest BCUT2D eigenvalue weighted by Crippen LogP contribution is 2.36. The van der Waals surface area contributed by atoms with Crippen LogP contribution in [0, 0.1) is 5.82 Å². The third kappa shape index (κ3) is 3.35. The largest absolute Gasteiger partial charge is 0.315 e. The number of fused-ring (bicyclic) bond motifs is 1. The quantitative estimate of drug-likeness (QED) is 0.773. The van der Waals surface area contributed by atoms with Crippen molar-refractivity contribution in [2.45, 2.75) is 17.8 Å². The second-order valence-corrected chi connectivity index (χ2v) is 9.82. The summed E-state index contributed by atoms with van der Waals surface area (Å²) in [7, 11) is -3.09. The molecule has 0 aromatic heterocycles. The van der Waals surface area contributed by atoms with Crippen molar-refractivity contribution in [2.24, 2.45) is 4.99 Å². The van der Waals surface area contributed by atoms with E-state index >= 15 is 0 Å². The standard InChI is InChI=1S/C18H16ClFN2O2S2/c19-14-7-4-8-15(20)13(14)9-25-18-21-16-10-26(23,24)11-17(16)22(18)12-5-2-1-3-6-12/h1-8,16-17H,9-11H2/t16-,17-/m1/s1. The van der Waals surface area contributed by atoms with Gasteiger partial charge in [-0.3, -0.25) is 4.99 Å². The molecule has 0 saturated carbocycles. The van der Waals surface area contributed by atoms with Crippen LogP contribution >= 0.6 is 23.4 Å². The fourth-order valence-electron chi connectivity index (χ4n) is 3.33. The molecule has 26 heavy (non-hydrogen) atoms. The number of nitrogens with zero attached hydrogens (tertiary/aromatic N) is 2. The number of sulfone groups is 1. The normalized spacial score (nSPS) is 23.8. The number of anilines is 1. The molecule has 8 heteroatoms. The Morgan fingerprint density at radius 2 is 1.92 bits per heavy atom. The van der Waals surface area contributed by atoms with Gasteiger partial charge in [0.1, 0.15) is 5.82 Å². The lowest BCUT2D eigenvalue weighted by molar-refractivity contribution is 0.601. The monoisotopic (exact) mass is 410 g/mol. The Kier molecular flexibility index (Phi) is 4.71. The van der Waals surface area contributed by atoms with Gasteiger partial charge in [0, 0.05) is 22.0 Å². The maximum atomic E-state index is 14.0. The summed E-state index contributed by atoms with van der Waals surface area (Å²) in [6.07, 6.45) is 0. The second-order valence-electron chi connectivity index (χ2n) is 6.32. The van der Waals surface area contributed by atoms with E-state index in [1.807, 2.05) is 35.2 Å². The molecular formula is C18H16ClFN2O2S2. The fourth-order valence-corrected chi connectivity index (χ4v) is 6.64. The third-order valence-corrected chi connectivity index (χ3v) is 7.60. The topological polar surface area (TPSA) is 49.7 Å². The van der Waals surface area contributed by atoms with Gasteiger partial charge in [-0.25, -0.2) is 12.8 Å². The molecule has 0 radical (unpaired) electrons. The molecule has 2 heterocycles. The van der Waals surface area contributed by atoms with Crippen molar-refractivity contribution in [1.82, 2.24) is 0 Å². The van der Waals surface area contributed by atoms with E-state index in [4.69, 9.17) is 11.6 Å². The van der Waals surface area contributed by atoms with Crippen LogP contribution in [0.25, 0.3) is 0 Å². The zero-order chi connectivity index (χ0) is 18.3. The molecule has 2 aromatic rings. The van der Waals surface area contributed by atoms with Gasteiger partial charge in [-0.1, -0.05) is 47.6 Å². The SMILES string of the molecule is O=S1(=O)C[C@@H]2[C@@H](C1)N=C(SCc1c(F)cccc1Cl)N2c1ccccc1. The predicted octanol–water partition coefficient (Wildman–Crippen LogP) is 3.75. The average molecular weight is 411 g/mol. The van der Waals surface area contributed by atoms with Gasteiger partial charge in [0.05, 0.1) is 23.6 Å². The molecule has 0 N–H and O–H groups in total. The molecule has 0 spiro atoms. The summed E-state index contributed by atoms with van der Waals surface area (Å²) < 4.78 is 38.1. The highest BCUT2D eigenvalue weighted by Gasteiger charge is 2.47. The number of rotatable bonds is 3. The van der Waals surface area contributed by atoms with Crippen LogP contribution in [0.1, 0.15) is 5.56 Å². The summed E-state index contributed by atoms with van der Waals surface area (Å²) in [5.74, 6) is 0.129. The summed E-state index contributed by atoms with van der Waals surface area (Å²) in [6.45, 7) is 0. The molecule has 0 bridgehead atoms. The number of aliphatic imine (C=N–C) groups is 1. The van der Waals surface area contributed by atoms with Crippen LogP contribution < -0.4 is 4.90 Å². The first-order valence-electron chi connectivity index (χ1n) is 8.13. The Bertz CT molecular complexity index is 946. The number of hydrogen-bond acceptors (Lipinski definition) is 5. The van der Waals surface area contributed by atoms with Gasteiger partial charge in [0.2, 0.25) is 0 Å². The van der Waals surface area contributed by atoms with E-state index in [0.717, 1.165) is 5.69 Å². The molecule has 2 aromatic carbocycles. The zero-order valence-electron chi connectivity index (χ0n) is 13.7. The van der Waals surface area contributed by atoms with Crippen molar-refractivity contribution >= 4 is 44.1 Å². The summed E-state index contributed by atoms with van der Waals surface area (Å²) in [5, 5.41) is 1.09. The molecule has 1 fully saturated rings. The molecular weight excluding hydrogens is 395 g/mol. The van der Waals surface area contributed by atoms with Crippen molar-refractivity contribution in [2.75, 3.05) is 16.4 Å². The van der Waals surface area contributed by atoms with Crippen molar-refractivity contribution in [3.05, 3.63) is 64.9 Å². The first-order chi connectivity index (χ1) is 12.4. The van der Waals surface area contributed by atoms with Gasteiger partial charge in [0.25, 0.3) is 0 Å². The first-order valence-corrected chi connectivity index (χ1v) is 11.3. The van der Waals surface area contributed by atoms with Crippen molar-refractivity contribution < 1.29 is 12.8 Å². The van der Waals surface area contributed by atoms with Gasteiger partial charge in [-0.05, 0) is 24.3 Å². The Labute approximate surface area is 161 Å². The summed E-state index contributed by atoms with van der Waals surface area (Å²) in [4.78, 5) is 6.61. The summed E-state index contributed by atoms with van der Waals surface area (Å²) in [5.41, 5.74) is 1.32. The lowest BCUT2D eigenvalue weighted by Gasteiger charge is -2.26. The number of halogens is 2. The van der Waals surface area contributed by atoms with E-state index in [2.05, 4.69) is 4.99 Å². The summed E-state index contributed by atoms with van der Waals surface area (Å²) >= 11 is 7.50. The molecule has 2 aliphatic heterocycles. The number of para-hydroxylation sites is 1. The van der Waals surface area contributed by atoms with Crippen LogP contribution in [0.3, 0.4) is 0 Å².